The zero-order chi connectivity index (χ0) is 28.7. The van der Waals surface area contributed by atoms with Gasteiger partial charge in [0.25, 0.3) is 0 Å². The van der Waals surface area contributed by atoms with Gasteiger partial charge >= 0.3 is 0 Å². The topological polar surface area (TPSA) is 56.7 Å². The third kappa shape index (κ3) is 3.50. The van der Waals surface area contributed by atoms with E-state index in [2.05, 4.69) is 94.9 Å². The molecule has 0 amide bonds. The van der Waals surface area contributed by atoms with Crippen LogP contribution < -0.4 is 4.74 Å². The summed E-state index contributed by atoms with van der Waals surface area (Å²) in [5.74, 6) is 1.50. The molecule has 0 N–H and O–H groups in total. The van der Waals surface area contributed by atoms with E-state index in [0.717, 1.165) is 60.9 Å². The van der Waals surface area contributed by atoms with E-state index in [1.165, 1.54) is 27.6 Å². The Morgan fingerprint density at radius 3 is 1.88 bits per heavy atom. The number of aromatic nitrogens is 5. The molecule has 9 aromatic rings. The van der Waals surface area contributed by atoms with E-state index < -0.39 is 0 Å². The highest BCUT2D eigenvalue weighted by Crippen LogP contribution is 2.37. The van der Waals surface area contributed by atoms with Crippen molar-refractivity contribution in [2.45, 2.75) is 13.8 Å². The zero-order valence-corrected chi connectivity index (χ0v) is 23.6. The van der Waals surface area contributed by atoms with Crippen molar-refractivity contribution in [2.24, 2.45) is 0 Å². The number of aryl methyl sites for hydroxylation is 2. The third-order valence-corrected chi connectivity index (χ3v) is 8.60. The van der Waals surface area contributed by atoms with Crippen LogP contribution in [0.2, 0.25) is 0 Å². The summed E-state index contributed by atoms with van der Waals surface area (Å²) in [7, 11) is 0. The Balaban J connectivity index is 1.21. The van der Waals surface area contributed by atoms with Crippen molar-refractivity contribution in [3.63, 3.8) is 0 Å². The lowest BCUT2D eigenvalue weighted by Crippen LogP contribution is -1.94. The summed E-state index contributed by atoms with van der Waals surface area (Å²) in [6.07, 6.45) is 9.47. The largest absolute Gasteiger partial charge is 0.457 e. The lowest BCUT2D eigenvalue weighted by atomic mass is 9.94. The van der Waals surface area contributed by atoms with Crippen molar-refractivity contribution in [2.75, 3.05) is 0 Å². The minimum atomic E-state index is 0.748. The Morgan fingerprint density at radius 1 is 0.512 bits per heavy atom. The molecule has 0 saturated heterocycles. The summed E-state index contributed by atoms with van der Waals surface area (Å²) < 4.78 is 10.7. The maximum Gasteiger partial charge on any atom is 0.146 e. The van der Waals surface area contributed by atoms with Crippen molar-refractivity contribution in [1.29, 1.82) is 0 Å². The molecule has 0 unspecified atom stereocenters. The van der Waals surface area contributed by atoms with E-state index in [9.17, 15) is 0 Å². The van der Waals surface area contributed by atoms with Crippen LogP contribution in [0.3, 0.4) is 0 Å². The second-order valence-electron chi connectivity index (χ2n) is 11.1. The SMILES string of the molecule is Cc1cccc(C)c1-c1ccc2c(c1)c1ccc(Oc3ccc4c5cccnc5n5ccnc5c4c3)cc1c1nccn21. The Hall–Kier alpha value is -5.75. The van der Waals surface area contributed by atoms with Crippen molar-refractivity contribution < 1.29 is 4.74 Å². The van der Waals surface area contributed by atoms with E-state index >= 15 is 0 Å². The lowest BCUT2D eigenvalue weighted by Gasteiger charge is -2.14. The summed E-state index contributed by atoms with van der Waals surface area (Å²) in [4.78, 5) is 14.0. The van der Waals surface area contributed by atoms with E-state index in [-0.39, 0.29) is 0 Å². The molecule has 9 rings (SSSR count). The molecule has 0 radical (unpaired) electrons. The second kappa shape index (κ2) is 8.87. The first-order valence-electron chi connectivity index (χ1n) is 14.3. The van der Waals surface area contributed by atoms with Gasteiger partial charge in [-0.25, -0.2) is 15.0 Å². The van der Waals surface area contributed by atoms with Gasteiger partial charge in [0, 0.05) is 52.5 Å². The number of imidazole rings is 2. The van der Waals surface area contributed by atoms with E-state index in [1.54, 1.807) is 0 Å². The molecule has 0 bridgehead atoms. The van der Waals surface area contributed by atoms with Crippen LogP contribution in [0.5, 0.6) is 11.5 Å². The van der Waals surface area contributed by atoms with Crippen molar-refractivity contribution in [3.05, 3.63) is 127 Å². The Morgan fingerprint density at radius 2 is 1.14 bits per heavy atom. The molecule has 0 atom stereocenters. The van der Waals surface area contributed by atoms with Crippen LogP contribution in [-0.2, 0) is 0 Å². The van der Waals surface area contributed by atoms with Crippen molar-refractivity contribution in [1.82, 2.24) is 23.8 Å². The number of hydrogen-bond donors (Lipinski definition) is 0. The first kappa shape index (κ1) is 23.9. The number of hydrogen-bond acceptors (Lipinski definition) is 4. The minimum Gasteiger partial charge on any atom is -0.457 e. The Kier molecular flexibility index (Phi) is 4.93. The fourth-order valence-corrected chi connectivity index (χ4v) is 6.71. The van der Waals surface area contributed by atoms with Gasteiger partial charge in [-0.2, -0.15) is 0 Å². The van der Waals surface area contributed by atoms with E-state index in [1.807, 2.05) is 53.6 Å². The monoisotopic (exact) mass is 555 g/mol. The molecule has 0 aliphatic heterocycles. The molecule has 0 saturated carbocycles. The molecule has 0 aliphatic rings. The first-order valence-corrected chi connectivity index (χ1v) is 14.3. The van der Waals surface area contributed by atoms with Crippen LogP contribution in [0.15, 0.2) is 116 Å². The number of nitrogens with zero attached hydrogens (tertiary/aromatic N) is 5. The van der Waals surface area contributed by atoms with Crippen molar-refractivity contribution >= 4 is 54.8 Å². The number of fused-ring (bicyclic) bond motifs is 12. The second-order valence-corrected chi connectivity index (χ2v) is 11.1. The Labute approximate surface area is 246 Å². The number of ether oxygens (including phenoxy) is 1. The fourth-order valence-electron chi connectivity index (χ4n) is 6.71. The highest BCUT2D eigenvalue weighted by atomic mass is 16.5. The molecule has 0 aliphatic carbocycles. The third-order valence-electron chi connectivity index (χ3n) is 8.60. The predicted octanol–water partition coefficient (Wildman–Crippen LogP) is 9.07. The molecule has 43 heavy (non-hydrogen) atoms. The van der Waals surface area contributed by atoms with Gasteiger partial charge in [0.2, 0.25) is 0 Å². The summed E-state index contributed by atoms with van der Waals surface area (Å²) in [6.45, 7) is 4.36. The predicted molar refractivity (Wildman–Crippen MR) is 173 cm³/mol. The molecule has 5 heterocycles. The molecule has 6 heteroatoms. The van der Waals surface area contributed by atoms with Crippen molar-refractivity contribution in [3.8, 4) is 22.6 Å². The summed E-state index contributed by atoms with van der Waals surface area (Å²) in [6, 6.07) is 29.8. The molecule has 0 spiro atoms. The van der Waals surface area contributed by atoms with Gasteiger partial charge in [0.1, 0.15) is 28.4 Å². The zero-order valence-electron chi connectivity index (χ0n) is 23.6. The van der Waals surface area contributed by atoms with Crippen LogP contribution in [-0.4, -0.2) is 23.8 Å². The van der Waals surface area contributed by atoms with Gasteiger partial charge in [-0.05, 0) is 108 Å². The van der Waals surface area contributed by atoms with Gasteiger partial charge in [-0.3, -0.25) is 8.80 Å². The average Bonchev–Trinajstić information content (AvgIpc) is 3.72. The molecule has 0 fully saturated rings. The molecule has 204 valence electrons. The molecular formula is C37H25N5O. The summed E-state index contributed by atoms with van der Waals surface area (Å²) in [5.41, 5.74) is 8.83. The van der Waals surface area contributed by atoms with Gasteiger partial charge in [0.15, 0.2) is 0 Å². The minimum absolute atomic E-state index is 0.748. The van der Waals surface area contributed by atoms with Crippen LogP contribution in [0.25, 0.3) is 65.9 Å². The standard InChI is InChI=1S/C37H25N5O/c1-22-5-3-6-23(2)34(22)24-8-13-33-30(19-24)28-12-10-26(21-32(28)36-39-15-17-41(33)36)43-25-9-11-27-29-7-4-14-38-35(29)42-18-16-40-37(42)31(27)20-25/h3-21H,1-2H3. The van der Waals surface area contributed by atoms with Crippen LogP contribution in [0.1, 0.15) is 11.1 Å². The van der Waals surface area contributed by atoms with Gasteiger partial charge < -0.3 is 4.74 Å². The molecular weight excluding hydrogens is 530 g/mol. The number of pyridine rings is 3. The van der Waals surface area contributed by atoms with E-state index in [0.29, 0.717) is 0 Å². The summed E-state index contributed by atoms with van der Waals surface area (Å²) >= 11 is 0. The molecule has 5 aromatic heterocycles. The van der Waals surface area contributed by atoms with Crippen LogP contribution in [0.4, 0.5) is 0 Å². The maximum absolute atomic E-state index is 6.50. The van der Waals surface area contributed by atoms with E-state index in [4.69, 9.17) is 9.72 Å². The Bertz CT molecular complexity index is 2560. The smallest absolute Gasteiger partial charge is 0.146 e. The first-order chi connectivity index (χ1) is 21.1. The number of rotatable bonds is 3. The lowest BCUT2D eigenvalue weighted by molar-refractivity contribution is 0.484. The maximum atomic E-state index is 6.50. The highest BCUT2D eigenvalue weighted by molar-refractivity contribution is 6.13. The van der Waals surface area contributed by atoms with Gasteiger partial charge in [-0.1, -0.05) is 24.3 Å². The quantitative estimate of drug-likeness (QED) is 0.204. The summed E-state index contributed by atoms with van der Waals surface area (Å²) in [5, 5.41) is 6.56. The normalized spacial score (nSPS) is 12.0. The number of benzene rings is 4. The van der Waals surface area contributed by atoms with Gasteiger partial charge in [-0.15, -0.1) is 0 Å². The molecule has 6 nitrogen and oxygen atoms in total. The molecule has 4 aromatic carbocycles. The fraction of sp³-hybridized carbons (Fsp3) is 0.0541. The average molecular weight is 556 g/mol. The highest BCUT2D eigenvalue weighted by Gasteiger charge is 2.15. The van der Waals surface area contributed by atoms with Gasteiger partial charge in [0.05, 0.1) is 5.52 Å². The van der Waals surface area contributed by atoms with Crippen LogP contribution in [0, 0.1) is 13.8 Å². The van der Waals surface area contributed by atoms with Crippen LogP contribution >= 0.6 is 0 Å².